The summed E-state index contributed by atoms with van der Waals surface area (Å²) in [5, 5.41) is 0. The van der Waals surface area contributed by atoms with Crippen molar-refractivity contribution < 1.29 is 13.9 Å². The first-order valence-electron chi connectivity index (χ1n) is 5.40. The van der Waals surface area contributed by atoms with E-state index in [1.165, 1.54) is 13.2 Å². The molecule has 0 amide bonds. The molecule has 2 N–H and O–H groups in total. The number of hydrogen-bond donors (Lipinski definition) is 1. The van der Waals surface area contributed by atoms with Crippen LogP contribution in [-0.2, 0) is 9.53 Å². The average Bonchev–Trinajstić information content (AvgIpc) is 2.30. The minimum atomic E-state index is -0.848. The van der Waals surface area contributed by atoms with Gasteiger partial charge in [-0.15, -0.1) is 0 Å². The van der Waals surface area contributed by atoms with E-state index in [9.17, 15) is 9.18 Å². The fraction of sp³-hybridized carbons (Fsp3) is 0.462. The topological polar surface area (TPSA) is 52.3 Å². The molecule has 0 spiro atoms. The summed E-state index contributed by atoms with van der Waals surface area (Å²) in [6, 6.07) is 4.08. The highest BCUT2D eigenvalue weighted by molar-refractivity contribution is 5.77. The summed E-state index contributed by atoms with van der Waals surface area (Å²) >= 11 is 0. The van der Waals surface area contributed by atoms with E-state index in [1.54, 1.807) is 32.9 Å². The summed E-state index contributed by atoms with van der Waals surface area (Å²) in [5.41, 5.74) is 6.43. The highest BCUT2D eigenvalue weighted by Crippen LogP contribution is 2.33. The summed E-state index contributed by atoms with van der Waals surface area (Å²) in [4.78, 5) is 11.6. The minimum Gasteiger partial charge on any atom is -0.469 e. The van der Waals surface area contributed by atoms with Gasteiger partial charge in [-0.05, 0) is 38.0 Å². The molecule has 1 rings (SSSR count). The molecule has 17 heavy (non-hydrogen) atoms. The van der Waals surface area contributed by atoms with Gasteiger partial charge in [-0.1, -0.05) is 12.1 Å². The van der Waals surface area contributed by atoms with Gasteiger partial charge in [-0.25, -0.2) is 4.39 Å². The molecular formula is C13H18FNO2. The van der Waals surface area contributed by atoms with Crippen molar-refractivity contribution in [2.45, 2.75) is 26.8 Å². The Bertz CT molecular complexity index is 429. The molecule has 4 heteroatoms. The smallest absolute Gasteiger partial charge is 0.313 e. The molecule has 1 atom stereocenters. The standard InChI is InChI=1S/C13H18FNO2/c1-8-7-9(5-6-10(8)14)11(15)13(2,3)12(16)17-4/h5-7,11H,15H2,1-4H3. The number of benzene rings is 1. The molecule has 0 aliphatic rings. The highest BCUT2D eigenvalue weighted by Gasteiger charge is 2.36. The Kier molecular flexibility index (Phi) is 3.88. The molecule has 1 unspecified atom stereocenters. The van der Waals surface area contributed by atoms with E-state index in [0.29, 0.717) is 5.56 Å². The molecule has 0 aromatic heterocycles. The number of nitrogens with two attached hydrogens (primary N) is 1. The zero-order chi connectivity index (χ0) is 13.2. The van der Waals surface area contributed by atoms with Gasteiger partial charge in [-0.2, -0.15) is 0 Å². The number of ether oxygens (including phenoxy) is 1. The van der Waals surface area contributed by atoms with Crippen molar-refractivity contribution in [1.82, 2.24) is 0 Å². The molecule has 94 valence electrons. The third-order valence-corrected chi connectivity index (χ3v) is 3.03. The van der Waals surface area contributed by atoms with Gasteiger partial charge >= 0.3 is 5.97 Å². The zero-order valence-corrected chi connectivity index (χ0v) is 10.6. The van der Waals surface area contributed by atoms with Crippen molar-refractivity contribution in [2.75, 3.05) is 7.11 Å². The largest absolute Gasteiger partial charge is 0.469 e. The minimum absolute atomic E-state index is 0.281. The van der Waals surface area contributed by atoms with E-state index in [-0.39, 0.29) is 11.8 Å². The molecule has 0 aliphatic heterocycles. The number of halogens is 1. The quantitative estimate of drug-likeness (QED) is 0.824. The van der Waals surface area contributed by atoms with Crippen LogP contribution in [0.4, 0.5) is 4.39 Å². The third kappa shape index (κ3) is 2.64. The lowest BCUT2D eigenvalue weighted by Crippen LogP contribution is -2.37. The van der Waals surface area contributed by atoms with Crippen molar-refractivity contribution in [3.63, 3.8) is 0 Å². The normalized spacial score (nSPS) is 13.3. The molecule has 0 aliphatic carbocycles. The Morgan fingerprint density at radius 1 is 1.47 bits per heavy atom. The Morgan fingerprint density at radius 3 is 2.53 bits per heavy atom. The molecule has 1 aromatic carbocycles. The van der Waals surface area contributed by atoms with Gasteiger partial charge in [0.05, 0.1) is 12.5 Å². The lowest BCUT2D eigenvalue weighted by molar-refractivity contribution is -0.152. The summed E-state index contributed by atoms with van der Waals surface area (Å²) in [6.07, 6.45) is 0. The van der Waals surface area contributed by atoms with Crippen LogP contribution < -0.4 is 5.73 Å². The highest BCUT2D eigenvalue weighted by atomic mass is 19.1. The zero-order valence-electron chi connectivity index (χ0n) is 10.6. The van der Waals surface area contributed by atoms with Crippen molar-refractivity contribution in [1.29, 1.82) is 0 Å². The first-order chi connectivity index (χ1) is 7.80. The van der Waals surface area contributed by atoms with Crippen LogP contribution in [0.3, 0.4) is 0 Å². The number of carbonyl (C=O) groups is 1. The first-order valence-corrected chi connectivity index (χ1v) is 5.40. The number of carbonyl (C=O) groups excluding carboxylic acids is 1. The van der Waals surface area contributed by atoms with Gasteiger partial charge < -0.3 is 10.5 Å². The predicted octanol–water partition coefficient (Wildman–Crippen LogP) is 2.33. The van der Waals surface area contributed by atoms with Gasteiger partial charge in [0.2, 0.25) is 0 Å². The van der Waals surface area contributed by atoms with E-state index in [2.05, 4.69) is 0 Å². The number of aryl methyl sites for hydroxylation is 1. The predicted molar refractivity (Wildman–Crippen MR) is 63.9 cm³/mol. The Hall–Kier alpha value is -1.42. The maximum atomic E-state index is 13.2. The third-order valence-electron chi connectivity index (χ3n) is 3.03. The molecule has 1 aromatic rings. The number of esters is 1. The van der Waals surface area contributed by atoms with Crippen LogP contribution >= 0.6 is 0 Å². The van der Waals surface area contributed by atoms with Gasteiger partial charge in [0.25, 0.3) is 0 Å². The van der Waals surface area contributed by atoms with E-state index in [1.807, 2.05) is 0 Å². The van der Waals surface area contributed by atoms with E-state index >= 15 is 0 Å². The van der Waals surface area contributed by atoms with Crippen molar-refractivity contribution in [3.8, 4) is 0 Å². The van der Waals surface area contributed by atoms with Crippen LogP contribution in [-0.4, -0.2) is 13.1 Å². The Labute approximate surface area is 101 Å². The monoisotopic (exact) mass is 239 g/mol. The van der Waals surface area contributed by atoms with Gasteiger partial charge in [0, 0.05) is 6.04 Å². The lowest BCUT2D eigenvalue weighted by Gasteiger charge is -2.29. The van der Waals surface area contributed by atoms with E-state index in [0.717, 1.165) is 5.56 Å². The average molecular weight is 239 g/mol. The van der Waals surface area contributed by atoms with Crippen LogP contribution in [0.15, 0.2) is 18.2 Å². The first kappa shape index (κ1) is 13.6. The van der Waals surface area contributed by atoms with E-state index < -0.39 is 11.5 Å². The van der Waals surface area contributed by atoms with Crippen LogP contribution in [0, 0.1) is 18.2 Å². The summed E-state index contributed by atoms with van der Waals surface area (Å²) in [7, 11) is 1.33. The molecular weight excluding hydrogens is 221 g/mol. The second kappa shape index (κ2) is 4.84. The van der Waals surface area contributed by atoms with Crippen LogP contribution in [0.2, 0.25) is 0 Å². The van der Waals surface area contributed by atoms with Crippen LogP contribution in [0.25, 0.3) is 0 Å². The second-order valence-electron chi connectivity index (χ2n) is 4.70. The van der Waals surface area contributed by atoms with Crippen LogP contribution in [0.5, 0.6) is 0 Å². The molecule has 0 saturated heterocycles. The number of methoxy groups -OCH3 is 1. The lowest BCUT2D eigenvalue weighted by atomic mass is 9.81. The summed E-state index contributed by atoms with van der Waals surface area (Å²) in [5.74, 6) is -0.663. The van der Waals surface area contributed by atoms with Gasteiger partial charge in [0.1, 0.15) is 5.82 Å². The maximum Gasteiger partial charge on any atom is 0.313 e. The molecule has 0 saturated carbocycles. The van der Waals surface area contributed by atoms with Gasteiger partial charge in [0.15, 0.2) is 0 Å². The SMILES string of the molecule is COC(=O)C(C)(C)C(N)c1ccc(F)c(C)c1. The van der Waals surface area contributed by atoms with E-state index in [4.69, 9.17) is 10.5 Å². The molecule has 0 heterocycles. The second-order valence-corrected chi connectivity index (χ2v) is 4.70. The van der Waals surface area contributed by atoms with Crippen molar-refractivity contribution in [2.24, 2.45) is 11.1 Å². The summed E-state index contributed by atoms with van der Waals surface area (Å²) < 4.78 is 17.9. The van der Waals surface area contributed by atoms with Crippen molar-refractivity contribution in [3.05, 3.63) is 35.1 Å². The maximum absolute atomic E-state index is 13.2. The Balaban J connectivity index is 3.07. The molecule has 0 bridgehead atoms. The fourth-order valence-electron chi connectivity index (χ4n) is 1.67. The van der Waals surface area contributed by atoms with Crippen molar-refractivity contribution >= 4 is 5.97 Å². The molecule has 0 fully saturated rings. The number of hydrogen-bond acceptors (Lipinski definition) is 3. The van der Waals surface area contributed by atoms with Crippen LogP contribution in [0.1, 0.15) is 31.0 Å². The Morgan fingerprint density at radius 2 is 2.06 bits per heavy atom. The molecule has 0 radical (unpaired) electrons. The van der Waals surface area contributed by atoms with Gasteiger partial charge in [-0.3, -0.25) is 4.79 Å². The fourth-order valence-corrected chi connectivity index (χ4v) is 1.67. The number of rotatable bonds is 3. The summed E-state index contributed by atoms with van der Waals surface area (Å²) in [6.45, 7) is 5.08. The molecule has 3 nitrogen and oxygen atoms in total.